The first-order valence-corrected chi connectivity index (χ1v) is 6.87. The first-order chi connectivity index (χ1) is 8.31. The number of benzene rings is 1. The summed E-state index contributed by atoms with van der Waals surface area (Å²) in [6, 6.07) is 4.37. The van der Waals surface area contributed by atoms with Crippen molar-refractivity contribution >= 4 is 10.0 Å². The number of hydrogen-bond acceptors (Lipinski definition) is 4. The summed E-state index contributed by atoms with van der Waals surface area (Å²) in [6.45, 7) is 4.88. The topological polar surface area (TPSA) is 79.2 Å². The lowest BCUT2D eigenvalue weighted by Crippen LogP contribution is -2.32. The minimum absolute atomic E-state index is 0.199. The van der Waals surface area contributed by atoms with Crippen LogP contribution in [0.25, 0.3) is 0 Å². The van der Waals surface area contributed by atoms with Crippen LogP contribution in [-0.4, -0.2) is 21.6 Å². The maximum atomic E-state index is 12.1. The van der Waals surface area contributed by atoms with Gasteiger partial charge in [-0.1, -0.05) is 0 Å². The van der Waals surface area contributed by atoms with Gasteiger partial charge in [0.15, 0.2) is 0 Å². The standard InChI is InChI=1S/C12H16N2O3S/c1-8-5-11(17-4)6-9(2)12(8)18(15,16)14-10(3)7-13/h5-6,10,14H,1-4H3. The van der Waals surface area contributed by atoms with Crippen molar-refractivity contribution in [2.24, 2.45) is 0 Å². The van der Waals surface area contributed by atoms with E-state index in [-0.39, 0.29) is 4.90 Å². The molecule has 1 unspecified atom stereocenters. The lowest BCUT2D eigenvalue weighted by molar-refractivity contribution is 0.413. The monoisotopic (exact) mass is 268 g/mol. The molecule has 0 saturated heterocycles. The van der Waals surface area contributed by atoms with Gasteiger partial charge in [-0.15, -0.1) is 0 Å². The molecule has 0 aromatic heterocycles. The van der Waals surface area contributed by atoms with Crippen molar-refractivity contribution in [3.05, 3.63) is 23.3 Å². The van der Waals surface area contributed by atoms with Crippen LogP contribution in [0.4, 0.5) is 0 Å². The number of ether oxygens (including phenoxy) is 1. The second-order valence-electron chi connectivity index (χ2n) is 4.06. The van der Waals surface area contributed by atoms with Gasteiger partial charge in [0, 0.05) is 0 Å². The number of nitriles is 1. The Hall–Kier alpha value is -1.58. The van der Waals surface area contributed by atoms with E-state index in [2.05, 4.69) is 4.72 Å². The van der Waals surface area contributed by atoms with Crippen molar-refractivity contribution in [3.8, 4) is 11.8 Å². The molecular formula is C12H16N2O3S. The van der Waals surface area contributed by atoms with Gasteiger partial charge >= 0.3 is 0 Å². The van der Waals surface area contributed by atoms with Crippen molar-refractivity contribution < 1.29 is 13.2 Å². The van der Waals surface area contributed by atoms with Crippen LogP contribution < -0.4 is 9.46 Å². The van der Waals surface area contributed by atoms with Crippen LogP contribution in [0.15, 0.2) is 17.0 Å². The molecule has 0 fully saturated rings. The van der Waals surface area contributed by atoms with Crippen LogP contribution >= 0.6 is 0 Å². The average Bonchev–Trinajstić information content (AvgIpc) is 2.26. The average molecular weight is 268 g/mol. The van der Waals surface area contributed by atoms with Crippen LogP contribution in [0.3, 0.4) is 0 Å². The van der Waals surface area contributed by atoms with Crippen molar-refractivity contribution in [2.75, 3.05) is 7.11 Å². The first-order valence-electron chi connectivity index (χ1n) is 5.39. The van der Waals surface area contributed by atoms with E-state index in [0.29, 0.717) is 16.9 Å². The lowest BCUT2D eigenvalue weighted by atomic mass is 10.1. The molecule has 0 bridgehead atoms. The van der Waals surface area contributed by atoms with E-state index in [1.54, 1.807) is 26.0 Å². The zero-order valence-electron chi connectivity index (χ0n) is 10.8. The number of rotatable bonds is 4. The Morgan fingerprint density at radius 1 is 1.33 bits per heavy atom. The summed E-state index contributed by atoms with van der Waals surface area (Å²) in [5.41, 5.74) is 1.17. The van der Waals surface area contributed by atoms with E-state index in [0.717, 1.165) is 0 Å². The highest BCUT2D eigenvalue weighted by Gasteiger charge is 2.22. The molecule has 0 aliphatic carbocycles. The maximum absolute atomic E-state index is 12.1. The molecule has 1 aromatic carbocycles. The molecule has 0 amide bonds. The van der Waals surface area contributed by atoms with Crippen molar-refractivity contribution in [3.63, 3.8) is 0 Å². The molecule has 0 aliphatic rings. The van der Waals surface area contributed by atoms with E-state index in [1.807, 2.05) is 6.07 Å². The first kappa shape index (κ1) is 14.5. The molecule has 1 N–H and O–H groups in total. The van der Waals surface area contributed by atoms with E-state index in [1.165, 1.54) is 14.0 Å². The van der Waals surface area contributed by atoms with E-state index < -0.39 is 16.1 Å². The number of nitrogens with one attached hydrogen (secondary N) is 1. The van der Waals surface area contributed by atoms with Crippen molar-refractivity contribution in [1.82, 2.24) is 4.72 Å². The second-order valence-corrected chi connectivity index (χ2v) is 5.71. The number of hydrogen-bond donors (Lipinski definition) is 1. The van der Waals surface area contributed by atoms with Gasteiger partial charge < -0.3 is 4.74 Å². The highest BCUT2D eigenvalue weighted by molar-refractivity contribution is 7.89. The second kappa shape index (κ2) is 5.38. The molecular weight excluding hydrogens is 252 g/mol. The van der Waals surface area contributed by atoms with Gasteiger partial charge in [0.2, 0.25) is 10.0 Å². The summed E-state index contributed by atoms with van der Waals surface area (Å²) in [5, 5.41) is 8.67. The Labute approximate surface area is 107 Å². The van der Waals surface area contributed by atoms with E-state index in [4.69, 9.17) is 10.00 Å². The quantitative estimate of drug-likeness (QED) is 0.897. The predicted octanol–water partition coefficient (Wildman–Crippen LogP) is 1.50. The number of nitrogens with zero attached hydrogens (tertiary/aromatic N) is 1. The van der Waals surface area contributed by atoms with Gasteiger partial charge in [0.05, 0.1) is 18.1 Å². The normalized spacial score (nSPS) is 12.8. The minimum atomic E-state index is -3.69. The van der Waals surface area contributed by atoms with E-state index in [9.17, 15) is 8.42 Å². The Balaban J connectivity index is 3.30. The molecule has 6 heteroatoms. The van der Waals surface area contributed by atoms with Crippen LogP contribution in [0.5, 0.6) is 5.75 Å². The summed E-state index contributed by atoms with van der Waals surface area (Å²) in [4.78, 5) is 0.199. The molecule has 0 heterocycles. The van der Waals surface area contributed by atoms with Gasteiger partial charge in [0.1, 0.15) is 11.8 Å². The smallest absolute Gasteiger partial charge is 0.242 e. The SMILES string of the molecule is COc1cc(C)c(S(=O)(=O)NC(C)C#N)c(C)c1. The Morgan fingerprint density at radius 2 is 1.83 bits per heavy atom. The van der Waals surface area contributed by atoms with Gasteiger partial charge in [-0.3, -0.25) is 0 Å². The van der Waals surface area contributed by atoms with Gasteiger partial charge in [-0.2, -0.15) is 9.98 Å². The van der Waals surface area contributed by atoms with Crippen LogP contribution in [0.2, 0.25) is 0 Å². The molecule has 0 saturated carbocycles. The number of sulfonamides is 1. The molecule has 0 spiro atoms. The number of methoxy groups -OCH3 is 1. The summed E-state index contributed by atoms with van der Waals surface area (Å²) in [5.74, 6) is 0.609. The Kier molecular flexibility index (Phi) is 4.33. The van der Waals surface area contributed by atoms with E-state index >= 15 is 0 Å². The summed E-state index contributed by atoms with van der Waals surface area (Å²) >= 11 is 0. The highest BCUT2D eigenvalue weighted by atomic mass is 32.2. The summed E-state index contributed by atoms with van der Waals surface area (Å²) in [7, 11) is -2.16. The van der Waals surface area contributed by atoms with Crippen LogP contribution in [-0.2, 0) is 10.0 Å². The van der Waals surface area contributed by atoms with Gasteiger partial charge in [0.25, 0.3) is 0 Å². The number of aryl methyl sites for hydroxylation is 2. The molecule has 98 valence electrons. The third kappa shape index (κ3) is 3.00. The van der Waals surface area contributed by atoms with Crippen LogP contribution in [0.1, 0.15) is 18.1 Å². The Bertz CT molecular complexity index is 565. The van der Waals surface area contributed by atoms with Crippen LogP contribution in [0, 0.1) is 25.2 Å². The molecule has 0 radical (unpaired) electrons. The molecule has 1 rings (SSSR count). The highest BCUT2D eigenvalue weighted by Crippen LogP contribution is 2.25. The lowest BCUT2D eigenvalue weighted by Gasteiger charge is -2.14. The minimum Gasteiger partial charge on any atom is -0.497 e. The fourth-order valence-corrected chi connectivity index (χ4v) is 3.37. The fraction of sp³-hybridized carbons (Fsp3) is 0.417. The summed E-state index contributed by atoms with van der Waals surface area (Å²) < 4.78 is 31.7. The third-order valence-electron chi connectivity index (χ3n) is 2.46. The molecule has 1 aromatic rings. The largest absolute Gasteiger partial charge is 0.497 e. The molecule has 0 aliphatic heterocycles. The fourth-order valence-electron chi connectivity index (χ4n) is 1.77. The third-order valence-corrected chi connectivity index (χ3v) is 4.31. The molecule has 1 atom stereocenters. The van der Waals surface area contributed by atoms with Crippen molar-refractivity contribution in [2.45, 2.75) is 31.7 Å². The zero-order chi connectivity index (χ0) is 13.9. The molecule has 18 heavy (non-hydrogen) atoms. The van der Waals surface area contributed by atoms with Gasteiger partial charge in [-0.25, -0.2) is 8.42 Å². The zero-order valence-corrected chi connectivity index (χ0v) is 11.6. The maximum Gasteiger partial charge on any atom is 0.242 e. The van der Waals surface area contributed by atoms with Crippen molar-refractivity contribution in [1.29, 1.82) is 5.26 Å². The predicted molar refractivity (Wildman–Crippen MR) is 67.9 cm³/mol. The summed E-state index contributed by atoms with van der Waals surface area (Å²) in [6.07, 6.45) is 0. The Morgan fingerprint density at radius 3 is 2.22 bits per heavy atom. The molecule has 5 nitrogen and oxygen atoms in total. The van der Waals surface area contributed by atoms with Gasteiger partial charge in [-0.05, 0) is 44.0 Å².